The van der Waals surface area contributed by atoms with Crippen LogP contribution in [0.3, 0.4) is 0 Å². The summed E-state index contributed by atoms with van der Waals surface area (Å²) in [5.41, 5.74) is 3.86. The lowest BCUT2D eigenvalue weighted by molar-refractivity contribution is -0.145. The predicted molar refractivity (Wildman–Crippen MR) is 98.3 cm³/mol. The lowest BCUT2D eigenvalue weighted by Crippen LogP contribution is -2.36. The van der Waals surface area contributed by atoms with Crippen LogP contribution in [0, 0.1) is 19.8 Å². The molecule has 0 spiro atoms. The highest BCUT2D eigenvalue weighted by Crippen LogP contribution is 2.15. The van der Waals surface area contributed by atoms with Gasteiger partial charge in [-0.2, -0.15) is 0 Å². The van der Waals surface area contributed by atoms with Crippen molar-refractivity contribution in [3.8, 4) is 0 Å². The summed E-state index contributed by atoms with van der Waals surface area (Å²) >= 11 is 0. The molecule has 132 valence electrons. The largest absolute Gasteiger partial charge is 0.469 e. The van der Waals surface area contributed by atoms with Gasteiger partial charge in [0.25, 0.3) is 5.91 Å². The summed E-state index contributed by atoms with van der Waals surface area (Å²) in [6.45, 7) is 6.52. The summed E-state index contributed by atoms with van der Waals surface area (Å²) in [7, 11) is 1.37. The van der Waals surface area contributed by atoms with E-state index in [1.165, 1.54) is 12.7 Å². The van der Waals surface area contributed by atoms with E-state index >= 15 is 0 Å². The van der Waals surface area contributed by atoms with E-state index in [-0.39, 0.29) is 17.8 Å². The molecule has 0 radical (unpaired) electrons. The van der Waals surface area contributed by atoms with Gasteiger partial charge >= 0.3 is 5.97 Å². The van der Waals surface area contributed by atoms with Gasteiger partial charge in [-0.25, -0.2) is 0 Å². The van der Waals surface area contributed by atoms with Crippen molar-refractivity contribution < 1.29 is 14.3 Å². The van der Waals surface area contributed by atoms with Gasteiger partial charge in [0, 0.05) is 18.7 Å². The Labute approximate surface area is 149 Å². The number of benzene rings is 2. The van der Waals surface area contributed by atoms with Crippen LogP contribution < -0.4 is 0 Å². The van der Waals surface area contributed by atoms with Crippen LogP contribution in [-0.2, 0) is 16.1 Å². The predicted octanol–water partition coefficient (Wildman–Crippen LogP) is 3.75. The van der Waals surface area contributed by atoms with Gasteiger partial charge in [0.1, 0.15) is 0 Å². The molecule has 1 atom stereocenters. The number of methoxy groups -OCH3 is 1. The topological polar surface area (TPSA) is 46.6 Å². The summed E-state index contributed by atoms with van der Waals surface area (Å²) < 4.78 is 4.81. The van der Waals surface area contributed by atoms with E-state index in [0.717, 1.165) is 11.1 Å². The van der Waals surface area contributed by atoms with Crippen molar-refractivity contribution in [1.82, 2.24) is 4.90 Å². The molecule has 0 aliphatic heterocycles. The van der Waals surface area contributed by atoms with Crippen LogP contribution in [0.1, 0.15) is 34.0 Å². The number of rotatable bonds is 6. The van der Waals surface area contributed by atoms with Crippen molar-refractivity contribution in [1.29, 1.82) is 0 Å². The molecule has 2 rings (SSSR count). The quantitative estimate of drug-likeness (QED) is 0.753. The Kier molecular flexibility index (Phi) is 6.34. The molecule has 0 fully saturated rings. The van der Waals surface area contributed by atoms with Gasteiger partial charge < -0.3 is 9.64 Å². The minimum Gasteiger partial charge on any atom is -0.469 e. The molecule has 0 aliphatic rings. The average Bonchev–Trinajstić information content (AvgIpc) is 2.61. The van der Waals surface area contributed by atoms with Gasteiger partial charge in [-0.05, 0) is 31.5 Å². The first-order valence-electron chi connectivity index (χ1n) is 8.40. The molecule has 0 saturated heterocycles. The number of hydrogen-bond donors (Lipinski definition) is 0. The Morgan fingerprint density at radius 3 is 2.32 bits per heavy atom. The van der Waals surface area contributed by atoms with Crippen molar-refractivity contribution in [3.63, 3.8) is 0 Å². The second-order valence-corrected chi connectivity index (χ2v) is 6.46. The number of carbonyl (C=O) groups is 2. The number of aryl methyl sites for hydroxylation is 2. The number of carbonyl (C=O) groups excluding carboxylic acids is 2. The summed E-state index contributed by atoms with van der Waals surface area (Å²) in [5.74, 6) is -0.782. The third-order valence-electron chi connectivity index (χ3n) is 4.14. The maximum Gasteiger partial charge on any atom is 0.310 e. The van der Waals surface area contributed by atoms with Crippen molar-refractivity contribution >= 4 is 11.9 Å². The highest BCUT2D eigenvalue weighted by molar-refractivity contribution is 5.94. The number of hydrogen-bond acceptors (Lipinski definition) is 3. The molecule has 2 aromatic rings. The van der Waals surface area contributed by atoms with Gasteiger partial charge in [0.2, 0.25) is 0 Å². The van der Waals surface area contributed by atoms with Gasteiger partial charge in [-0.1, -0.05) is 54.4 Å². The Bertz CT molecular complexity index is 737. The average molecular weight is 339 g/mol. The Morgan fingerprint density at radius 2 is 1.72 bits per heavy atom. The van der Waals surface area contributed by atoms with E-state index in [4.69, 9.17) is 4.74 Å². The minimum atomic E-state index is -0.385. The van der Waals surface area contributed by atoms with Crippen LogP contribution >= 0.6 is 0 Å². The summed E-state index contributed by atoms with van der Waals surface area (Å²) in [6.07, 6.45) is 0. The van der Waals surface area contributed by atoms with Crippen LogP contribution in [0.4, 0.5) is 0 Å². The Morgan fingerprint density at radius 1 is 1.04 bits per heavy atom. The van der Waals surface area contributed by atoms with Gasteiger partial charge in [0.05, 0.1) is 13.0 Å². The molecule has 1 unspecified atom stereocenters. The van der Waals surface area contributed by atoms with E-state index in [0.29, 0.717) is 18.7 Å². The summed E-state index contributed by atoms with van der Waals surface area (Å²) in [4.78, 5) is 26.5. The molecule has 25 heavy (non-hydrogen) atoms. The zero-order valence-electron chi connectivity index (χ0n) is 15.3. The number of nitrogens with zero attached hydrogens (tertiary/aromatic N) is 1. The molecule has 0 saturated carbocycles. The molecule has 0 N–H and O–H groups in total. The van der Waals surface area contributed by atoms with Gasteiger partial charge in [-0.3, -0.25) is 9.59 Å². The molecular weight excluding hydrogens is 314 g/mol. The smallest absolute Gasteiger partial charge is 0.310 e. The maximum atomic E-state index is 13.0. The summed E-state index contributed by atoms with van der Waals surface area (Å²) in [6, 6.07) is 15.6. The molecular formula is C21H25NO3. The van der Waals surface area contributed by atoms with Crippen LogP contribution in [0.25, 0.3) is 0 Å². The van der Waals surface area contributed by atoms with Crippen LogP contribution in [0.15, 0.2) is 48.5 Å². The second kappa shape index (κ2) is 8.47. The first-order chi connectivity index (χ1) is 11.9. The third-order valence-corrected chi connectivity index (χ3v) is 4.14. The Hall–Kier alpha value is -2.62. The second-order valence-electron chi connectivity index (χ2n) is 6.46. The zero-order chi connectivity index (χ0) is 18.4. The number of ether oxygens (including phenoxy) is 1. The van der Waals surface area contributed by atoms with Gasteiger partial charge in [0.15, 0.2) is 0 Å². The molecule has 1 amide bonds. The molecule has 4 nitrogen and oxygen atoms in total. The molecule has 0 aliphatic carbocycles. The first-order valence-corrected chi connectivity index (χ1v) is 8.40. The standard InChI is InChI=1S/C21H25NO3/c1-15-8-10-18(11-9-15)14-22(13-17(3)21(24)25-4)20(23)19-7-5-6-16(2)12-19/h5-12,17H,13-14H2,1-4H3. The number of esters is 1. The monoisotopic (exact) mass is 339 g/mol. The van der Waals surface area contributed by atoms with Crippen molar-refractivity contribution in [2.75, 3.05) is 13.7 Å². The van der Waals surface area contributed by atoms with E-state index in [1.54, 1.807) is 17.9 Å². The SMILES string of the molecule is COC(=O)C(C)CN(Cc1ccc(C)cc1)C(=O)c1cccc(C)c1. The van der Waals surface area contributed by atoms with E-state index in [1.807, 2.05) is 56.3 Å². The molecule has 0 aromatic heterocycles. The third kappa shape index (κ3) is 5.18. The Balaban J connectivity index is 2.25. The van der Waals surface area contributed by atoms with E-state index in [9.17, 15) is 9.59 Å². The summed E-state index contributed by atoms with van der Waals surface area (Å²) in [5, 5.41) is 0. The molecule has 0 bridgehead atoms. The lowest BCUT2D eigenvalue weighted by atomic mass is 10.1. The van der Waals surface area contributed by atoms with Crippen LogP contribution in [0.5, 0.6) is 0 Å². The number of amides is 1. The fourth-order valence-electron chi connectivity index (χ4n) is 2.70. The highest BCUT2D eigenvalue weighted by atomic mass is 16.5. The van der Waals surface area contributed by atoms with Crippen molar-refractivity contribution in [2.24, 2.45) is 5.92 Å². The first kappa shape index (κ1) is 18.7. The lowest BCUT2D eigenvalue weighted by Gasteiger charge is -2.25. The van der Waals surface area contributed by atoms with Crippen LogP contribution in [-0.4, -0.2) is 30.4 Å². The van der Waals surface area contributed by atoms with Crippen molar-refractivity contribution in [3.05, 3.63) is 70.8 Å². The van der Waals surface area contributed by atoms with E-state index < -0.39 is 0 Å². The van der Waals surface area contributed by atoms with Crippen molar-refractivity contribution in [2.45, 2.75) is 27.3 Å². The van der Waals surface area contributed by atoms with E-state index in [2.05, 4.69) is 0 Å². The fourth-order valence-corrected chi connectivity index (χ4v) is 2.70. The minimum absolute atomic E-state index is 0.0833. The molecule has 0 heterocycles. The zero-order valence-corrected chi connectivity index (χ0v) is 15.3. The normalized spacial score (nSPS) is 11.7. The van der Waals surface area contributed by atoms with Crippen LogP contribution in [0.2, 0.25) is 0 Å². The highest BCUT2D eigenvalue weighted by Gasteiger charge is 2.23. The maximum absolute atomic E-state index is 13.0. The van der Waals surface area contributed by atoms with Gasteiger partial charge in [-0.15, -0.1) is 0 Å². The molecule has 4 heteroatoms. The fraction of sp³-hybridized carbons (Fsp3) is 0.333. The molecule has 2 aromatic carbocycles.